The molecular weight excluding hydrogens is 148 g/mol. The fourth-order valence-corrected chi connectivity index (χ4v) is 1.96. The first-order chi connectivity index (χ1) is 5.74. The lowest BCUT2D eigenvalue weighted by atomic mass is 9.80. The molecule has 1 aliphatic rings. The Morgan fingerprint density at radius 1 is 1.33 bits per heavy atom. The molecule has 0 aromatic carbocycles. The molecule has 1 atom stereocenters. The summed E-state index contributed by atoms with van der Waals surface area (Å²) in [5.74, 6) is 1.59. The smallest absolute Gasteiger partial charge is 0.0423 e. The van der Waals surface area contributed by atoms with Crippen molar-refractivity contribution in [2.45, 2.75) is 38.6 Å². The lowest BCUT2D eigenvalue weighted by molar-refractivity contribution is 0.281. The molecule has 0 aromatic rings. The Morgan fingerprint density at radius 3 is 2.42 bits per heavy atom. The van der Waals surface area contributed by atoms with Gasteiger partial charge in [0.05, 0.1) is 0 Å². The summed E-state index contributed by atoms with van der Waals surface area (Å²) in [5.41, 5.74) is 5.96. The number of aliphatic imine (C=N–C) groups is 1. The van der Waals surface area contributed by atoms with E-state index in [0.717, 1.165) is 5.92 Å². The van der Waals surface area contributed by atoms with Crippen molar-refractivity contribution in [1.29, 1.82) is 0 Å². The highest BCUT2D eigenvalue weighted by Gasteiger charge is 2.22. The van der Waals surface area contributed by atoms with Gasteiger partial charge in [-0.3, -0.25) is 4.99 Å². The minimum Gasteiger partial charge on any atom is -0.323 e. The SMILES string of the molecule is CN=CC(N)C1CCC(C)CC1. The maximum absolute atomic E-state index is 5.96. The summed E-state index contributed by atoms with van der Waals surface area (Å²) < 4.78 is 0. The Bertz CT molecular complexity index is 146. The van der Waals surface area contributed by atoms with Gasteiger partial charge in [0.2, 0.25) is 0 Å². The minimum atomic E-state index is 0.197. The van der Waals surface area contributed by atoms with Crippen molar-refractivity contribution in [2.75, 3.05) is 7.05 Å². The van der Waals surface area contributed by atoms with Crippen molar-refractivity contribution in [3.63, 3.8) is 0 Å². The third-order valence-corrected chi connectivity index (χ3v) is 2.93. The first kappa shape index (κ1) is 9.72. The zero-order valence-electron chi connectivity index (χ0n) is 8.16. The average molecular weight is 168 g/mol. The number of nitrogens with zero attached hydrogens (tertiary/aromatic N) is 1. The van der Waals surface area contributed by atoms with Crippen LogP contribution >= 0.6 is 0 Å². The lowest BCUT2D eigenvalue weighted by Crippen LogP contribution is -2.34. The topological polar surface area (TPSA) is 38.4 Å². The average Bonchev–Trinajstić information content (AvgIpc) is 2.06. The van der Waals surface area contributed by atoms with Crippen LogP contribution in [0.15, 0.2) is 4.99 Å². The molecule has 2 nitrogen and oxygen atoms in total. The summed E-state index contributed by atoms with van der Waals surface area (Å²) >= 11 is 0. The molecule has 1 aliphatic carbocycles. The minimum absolute atomic E-state index is 0.197. The van der Waals surface area contributed by atoms with E-state index >= 15 is 0 Å². The highest BCUT2D eigenvalue weighted by Crippen LogP contribution is 2.29. The molecule has 0 saturated heterocycles. The van der Waals surface area contributed by atoms with E-state index in [0.29, 0.717) is 5.92 Å². The highest BCUT2D eigenvalue weighted by molar-refractivity contribution is 5.64. The zero-order valence-corrected chi connectivity index (χ0v) is 8.16. The Morgan fingerprint density at radius 2 is 1.92 bits per heavy atom. The summed E-state index contributed by atoms with van der Waals surface area (Å²) in [5, 5.41) is 0. The Balaban J connectivity index is 2.33. The quantitative estimate of drug-likeness (QED) is 0.628. The summed E-state index contributed by atoms with van der Waals surface area (Å²) in [6.07, 6.45) is 7.15. The molecule has 0 aliphatic heterocycles. The summed E-state index contributed by atoms with van der Waals surface area (Å²) in [7, 11) is 1.80. The predicted octanol–water partition coefficient (Wildman–Crippen LogP) is 1.84. The summed E-state index contributed by atoms with van der Waals surface area (Å²) in [6, 6.07) is 0.197. The van der Waals surface area contributed by atoms with E-state index < -0.39 is 0 Å². The van der Waals surface area contributed by atoms with Crippen LogP contribution in [0, 0.1) is 11.8 Å². The fraction of sp³-hybridized carbons (Fsp3) is 0.900. The maximum atomic E-state index is 5.96. The Hall–Kier alpha value is -0.370. The molecule has 0 radical (unpaired) electrons. The molecular formula is C10H20N2. The normalized spacial score (nSPS) is 33.9. The van der Waals surface area contributed by atoms with Gasteiger partial charge in [-0.05, 0) is 24.7 Å². The van der Waals surface area contributed by atoms with Crippen LogP contribution in [0.5, 0.6) is 0 Å². The van der Waals surface area contributed by atoms with Crippen molar-refractivity contribution in [3.05, 3.63) is 0 Å². The van der Waals surface area contributed by atoms with Gasteiger partial charge in [-0.25, -0.2) is 0 Å². The molecule has 0 spiro atoms. The second-order valence-corrected chi connectivity index (χ2v) is 4.00. The van der Waals surface area contributed by atoms with E-state index in [4.69, 9.17) is 5.73 Å². The van der Waals surface area contributed by atoms with Crippen molar-refractivity contribution >= 4 is 6.21 Å². The van der Waals surface area contributed by atoms with Crippen LogP contribution < -0.4 is 5.73 Å². The lowest BCUT2D eigenvalue weighted by Gasteiger charge is -2.28. The number of hydrogen-bond acceptors (Lipinski definition) is 2. The van der Waals surface area contributed by atoms with Gasteiger partial charge in [0.25, 0.3) is 0 Å². The molecule has 2 heteroatoms. The maximum Gasteiger partial charge on any atom is 0.0423 e. The largest absolute Gasteiger partial charge is 0.323 e. The van der Waals surface area contributed by atoms with Crippen LogP contribution in [0.25, 0.3) is 0 Å². The van der Waals surface area contributed by atoms with Gasteiger partial charge in [0, 0.05) is 19.3 Å². The summed E-state index contributed by atoms with van der Waals surface area (Å²) in [4.78, 5) is 3.98. The van der Waals surface area contributed by atoms with Crippen LogP contribution in [0.2, 0.25) is 0 Å². The molecule has 0 aromatic heterocycles. The van der Waals surface area contributed by atoms with Gasteiger partial charge in [0.15, 0.2) is 0 Å². The Kier molecular flexibility index (Phi) is 3.73. The van der Waals surface area contributed by atoms with Crippen LogP contribution in [0.3, 0.4) is 0 Å². The van der Waals surface area contributed by atoms with Gasteiger partial charge in [-0.2, -0.15) is 0 Å². The van der Waals surface area contributed by atoms with E-state index in [9.17, 15) is 0 Å². The predicted molar refractivity (Wildman–Crippen MR) is 53.5 cm³/mol. The van der Waals surface area contributed by atoms with Gasteiger partial charge >= 0.3 is 0 Å². The summed E-state index contributed by atoms with van der Waals surface area (Å²) in [6.45, 7) is 2.33. The molecule has 2 N–H and O–H groups in total. The first-order valence-electron chi connectivity index (χ1n) is 4.92. The van der Waals surface area contributed by atoms with Crippen LogP contribution in [-0.4, -0.2) is 19.3 Å². The van der Waals surface area contributed by atoms with E-state index in [-0.39, 0.29) is 6.04 Å². The first-order valence-corrected chi connectivity index (χ1v) is 4.92. The number of nitrogens with two attached hydrogens (primary N) is 1. The highest BCUT2D eigenvalue weighted by atomic mass is 14.7. The monoisotopic (exact) mass is 168 g/mol. The van der Waals surface area contributed by atoms with E-state index in [1.54, 1.807) is 7.05 Å². The van der Waals surface area contributed by atoms with Crippen molar-refractivity contribution in [3.8, 4) is 0 Å². The molecule has 1 unspecified atom stereocenters. The number of rotatable bonds is 2. The van der Waals surface area contributed by atoms with Gasteiger partial charge in [-0.1, -0.05) is 19.8 Å². The van der Waals surface area contributed by atoms with Crippen LogP contribution in [0.1, 0.15) is 32.6 Å². The molecule has 70 valence electrons. The van der Waals surface area contributed by atoms with Crippen LogP contribution in [0.4, 0.5) is 0 Å². The standard InChI is InChI=1S/C10H20N2/c1-8-3-5-9(6-4-8)10(11)7-12-2/h7-10H,3-6,11H2,1-2H3. The second kappa shape index (κ2) is 4.61. The molecule has 0 bridgehead atoms. The third-order valence-electron chi connectivity index (χ3n) is 2.93. The van der Waals surface area contributed by atoms with E-state index in [1.165, 1.54) is 25.7 Å². The van der Waals surface area contributed by atoms with E-state index in [1.807, 2.05) is 6.21 Å². The second-order valence-electron chi connectivity index (χ2n) is 4.00. The van der Waals surface area contributed by atoms with Crippen molar-refractivity contribution in [2.24, 2.45) is 22.6 Å². The van der Waals surface area contributed by atoms with Gasteiger partial charge in [-0.15, -0.1) is 0 Å². The van der Waals surface area contributed by atoms with Crippen molar-refractivity contribution < 1.29 is 0 Å². The van der Waals surface area contributed by atoms with Crippen molar-refractivity contribution in [1.82, 2.24) is 0 Å². The van der Waals surface area contributed by atoms with E-state index in [2.05, 4.69) is 11.9 Å². The molecule has 1 saturated carbocycles. The fourth-order valence-electron chi connectivity index (χ4n) is 1.96. The molecule has 1 fully saturated rings. The number of hydrogen-bond donors (Lipinski definition) is 1. The zero-order chi connectivity index (χ0) is 8.97. The molecule has 0 amide bonds. The molecule has 1 rings (SSSR count). The molecule has 0 heterocycles. The Labute approximate surface area is 75.3 Å². The van der Waals surface area contributed by atoms with Gasteiger partial charge in [0.1, 0.15) is 0 Å². The van der Waals surface area contributed by atoms with Gasteiger partial charge < -0.3 is 5.73 Å². The molecule has 12 heavy (non-hydrogen) atoms. The van der Waals surface area contributed by atoms with Crippen LogP contribution in [-0.2, 0) is 0 Å². The third kappa shape index (κ3) is 2.59.